The summed E-state index contributed by atoms with van der Waals surface area (Å²) in [6.45, 7) is 15.1. The number of nitrogens with zero attached hydrogens (tertiary/aromatic N) is 6. The molecule has 0 saturated carbocycles. The minimum absolute atomic E-state index is 0.0101. The van der Waals surface area contributed by atoms with Gasteiger partial charge in [0.2, 0.25) is 0 Å². The Morgan fingerprint density at radius 2 is 2.04 bits per heavy atom. The van der Waals surface area contributed by atoms with E-state index in [1.165, 1.54) is 6.42 Å². The average Bonchev–Trinajstić information content (AvgIpc) is 3.34. The predicted molar refractivity (Wildman–Crippen MR) is 101 cm³/mol. The van der Waals surface area contributed by atoms with Gasteiger partial charge < -0.3 is 15.1 Å². The minimum Gasteiger partial charge on any atom is -0.337 e. The molecule has 2 aliphatic heterocycles. The second kappa shape index (κ2) is 9.43. The maximum absolute atomic E-state index is 12.8. The van der Waals surface area contributed by atoms with E-state index in [9.17, 15) is 4.79 Å². The molecule has 1 atom stereocenters. The highest BCUT2D eigenvalue weighted by atomic mass is 16.2. The third-order valence-corrected chi connectivity index (χ3v) is 5.58. The molecule has 0 bridgehead atoms. The van der Waals surface area contributed by atoms with Crippen molar-refractivity contribution in [2.75, 3.05) is 65.4 Å². The van der Waals surface area contributed by atoms with E-state index in [4.69, 9.17) is 0 Å². The first-order valence-corrected chi connectivity index (χ1v) is 10.0. The van der Waals surface area contributed by atoms with Crippen molar-refractivity contribution in [2.24, 2.45) is 5.92 Å². The van der Waals surface area contributed by atoms with Gasteiger partial charge >= 0.3 is 0 Å². The molecule has 2 aliphatic rings. The summed E-state index contributed by atoms with van der Waals surface area (Å²) >= 11 is 0. The van der Waals surface area contributed by atoms with Gasteiger partial charge in [0.05, 0.1) is 12.7 Å². The van der Waals surface area contributed by atoms with Gasteiger partial charge in [-0.2, -0.15) is 0 Å². The molecule has 8 nitrogen and oxygen atoms in total. The predicted octanol–water partition coefficient (Wildman–Crippen LogP) is -0.0128. The van der Waals surface area contributed by atoms with E-state index in [0.717, 1.165) is 72.0 Å². The van der Waals surface area contributed by atoms with Crippen LogP contribution in [-0.2, 0) is 6.54 Å². The number of carbonyl (C=O) groups is 1. The summed E-state index contributed by atoms with van der Waals surface area (Å²) < 4.78 is 1.80. The molecule has 3 heterocycles. The molecule has 146 valence electrons. The van der Waals surface area contributed by atoms with E-state index in [1.54, 1.807) is 10.9 Å². The molecule has 8 heteroatoms. The highest BCUT2D eigenvalue weighted by Crippen LogP contribution is 2.17. The van der Waals surface area contributed by atoms with Crippen LogP contribution < -0.4 is 5.32 Å². The van der Waals surface area contributed by atoms with Crippen LogP contribution in [0.5, 0.6) is 0 Å². The van der Waals surface area contributed by atoms with Gasteiger partial charge in [0.1, 0.15) is 0 Å². The maximum Gasteiger partial charge on any atom is 0.276 e. The molecular formula is C18H33N7O. The Balaban J connectivity index is 1.50. The zero-order chi connectivity index (χ0) is 18.4. The Labute approximate surface area is 156 Å². The van der Waals surface area contributed by atoms with Crippen molar-refractivity contribution in [2.45, 2.75) is 26.8 Å². The maximum atomic E-state index is 12.8. The van der Waals surface area contributed by atoms with Crippen LogP contribution in [0.25, 0.3) is 0 Å². The van der Waals surface area contributed by atoms with Gasteiger partial charge in [-0.3, -0.25) is 14.4 Å². The van der Waals surface area contributed by atoms with Gasteiger partial charge in [0.15, 0.2) is 5.69 Å². The van der Waals surface area contributed by atoms with Crippen molar-refractivity contribution in [3.63, 3.8) is 0 Å². The SMILES string of the molecule is CCN1CC[C@@H](CN(CC)C(=O)c2cn(CCN3CCNCC3)nn2)C1. The van der Waals surface area contributed by atoms with Gasteiger partial charge in [-0.05, 0) is 32.4 Å². The lowest BCUT2D eigenvalue weighted by Gasteiger charge is -2.26. The number of carbonyl (C=O) groups excluding carboxylic acids is 1. The van der Waals surface area contributed by atoms with E-state index in [1.807, 2.05) is 11.8 Å². The van der Waals surface area contributed by atoms with E-state index in [2.05, 4.69) is 32.4 Å². The standard InChI is InChI=1S/C18H33N7O/c1-3-22-8-5-16(13-22)14-24(4-2)18(26)17-15-25(21-20-17)12-11-23-9-6-19-7-10-23/h15-16,19H,3-14H2,1-2H3/t16-/m1/s1. The summed E-state index contributed by atoms with van der Waals surface area (Å²) in [5.41, 5.74) is 0.470. The second-order valence-corrected chi connectivity index (χ2v) is 7.35. The molecule has 26 heavy (non-hydrogen) atoms. The van der Waals surface area contributed by atoms with Gasteiger partial charge in [-0.1, -0.05) is 12.1 Å². The van der Waals surface area contributed by atoms with Crippen LogP contribution in [0.4, 0.5) is 0 Å². The highest BCUT2D eigenvalue weighted by Gasteiger charge is 2.26. The molecule has 2 fully saturated rings. The van der Waals surface area contributed by atoms with Crippen LogP contribution in [0.3, 0.4) is 0 Å². The molecular weight excluding hydrogens is 330 g/mol. The van der Waals surface area contributed by atoms with Crippen LogP contribution >= 0.6 is 0 Å². The topological polar surface area (TPSA) is 69.5 Å². The van der Waals surface area contributed by atoms with Gasteiger partial charge in [0, 0.05) is 52.4 Å². The Morgan fingerprint density at radius 1 is 1.23 bits per heavy atom. The Hall–Kier alpha value is -1.51. The number of hydrogen-bond donors (Lipinski definition) is 1. The van der Waals surface area contributed by atoms with E-state index in [-0.39, 0.29) is 5.91 Å². The minimum atomic E-state index is 0.0101. The fraction of sp³-hybridized carbons (Fsp3) is 0.833. The van der Waals surface area contributed by atoms with Gasteiger partial charge in [-0.15, -0.1) is 5.10 Å². The molecule has 0 aliphatic carbocycles. The normalized spacial score (nSPS) is 22.0. The first-order valence-electron chi connectivity index (χ1n) is 10.0. The number of nitrogens with one attached hydrogen (secondary N) is 1. The second-order valence-electron chi connectivity index (χ2n) is 7.35. The third-order valence-electron chi connectivity index (χ3n) is 5.58. The highest BCUT2D eigenvalue weighted by molar-refractivity contribution is 5.91. The first kappa shape index (κ1) is 19.3. The lowest BCUT2D eigenvalue weighted by atomic mass is 10.1. The summed E-state index contributed by atoms with van der Waals surface area (Å²) in [5.74, 6) is 0.581. The number of likely N-dealkylation sites (tertiary alicyclic amines) is 1. The third kappa shape index (κ3) is 5.02. The van der Waals surface area contributed by atoms with Crippen molar-refractivity contribution in [1.29, 1.82) is 0 Å². The molecule has 2 saturated heterocycles. The van der Waals surface area contributed by atoms with E-state index in [0.29, 0.717) is 11.6 Å². The summed E-state index contributed by atoms with van der Waals surface area (Å²) in [6.07, 6.45) is 2.98. The number of hydrogen-bond acceptors (Lipinski definition) is 6. The van der Waals surface area contributed by atoms with Gasteiger partial charge in [-0.25, -0.2) is 0 Å². The molecule has 0 aromatic carbocycles. The number of rotatable bonds is 8. The average molecular weight is 364 g/mol. The molecule has 0 radical (unpaired) electrons. The zero-order valence-electron chi connectivity index (χ0n) is 16.2. The monoisotopic (exact) mass is 363 g/mol. The van der Waals surface area contributed by atoms with Crippen LogP contribution in [0.1, 0.15) is 30.8 Å². The number of piperazine rings is 1. The lowest BCUT2D eigenvalue weighted by molar-refractivity contribution is 0.0733. The Morgan fingerprint density at radius 3 is 2.73 bits per heavy atom. The van der Waals surface area contributed by atoms with Crippen LogP contribution in [0.15, 0.2) is 6.20 Å². The molecule has 1 aromatic rings. The zero-order valence-corrected chi connectivity index (χ0v) is 16.2. The lowest BCUT2D eigenvalue weighted by Crippen LogP contribution is -2.44. The Bertz CT molecular complexity index is 570. The van der Waals surface area contributed by atoms with Crippen molar-refractivity contribution in [3.8, 4) is 0 Å². The molecule has 0 unspecified atom stereocenters. The smallest absolute Gasteiger partial charge is 0.276 e. The van der Waals surface area contributed by atoms with Crippen LogP contribution in [0.2, 0.25) is 0 Å². The van der Waals surface area contributed by atoms with Crippen molar-refractivity contribution < 1.29 is 4.79 Å². The summed E-state index contributed by atoms with van der Waals surface area (Å²) in [6, 6.07) is 0. The van der Waals surface area contributed by atoms with Crippen molar-refractivity contribution in [3.05, 3.63) is 11.9 Å². The first-order chi connectivity index (χ1) is 12.7. The van der Waals surface area contributed by atoms with E-state index >= 15 is 0 Å². The molecule has 3 rings (SSSR count). The fourth-order valence-corrected chi connectivity index (χ4v) is 3.86. The summed E-state index contributed by atoms with van der Waals surface area (Å²) in [7, 11) is 0. The fourth-order valence-electron chi connectivity index (χ4n) is 3.86. The van der Waals surface area contributed by atoms with Crippen LogP contribution in [-0.4, -0.2) is 101 Å². The van der Waals surface area contributed by atoms with Crippen molar-refractivity contribution in [1.82, 2.24) is 35.0 Å². The Kier molecular flexibility index (Phi) is 6.99. The molecule has 1 N–H and O–H groups in total. The largest absolute Gasteiger partial charge is 0.337 e. The molecule has 1 amide bonds. The molecule has 0 spiro atoms. The van der Waals surface area contributed by atoms with Crippen molar-refractivity contribution >= 4 is 5.91 Å². The quantitative estimate of drug-likeness (QED) is 0.700. The summed E-state index contributed by atoms with van der Waals surface area (Å²) in [5, 5.41) is 11.7. The molecule has 1 aromatic heterocycles. The van der Waals surface area contributed by atoms with E-state index < -0.39 is 0 Å². The summed E-state index contributed by atoms with van der Waals surface area (Å²) in [4.78, 5) is 19.6. The van der Waals surface area contributed by atoms with Gasteiger partial charge in [0.25, 0.3) is 5.91 Å². The van der Waals surface area contributed by atoms with Crippen LogP contribution in [0, 0.1) is 5.92 Å². The number of aromatic nitrogens is 3. The number of amides is 1.